The van der Waals surface area contributed by atoms with E-state index in [0.717, 1.165) is 51.6 Å². The van der Waals surface area contributed by atoms with Crippen LogP contribution in [-0.2, 0) is 9.47 Å². The molecule has 2 heterocycles. The zero-order chi connectivity index (χ0) is 22.7. The molecule has 0 spiro atoms. The first-order valence-electron chi connectivity index (χ1n) is 13.0. The van der Waals surface area contributed by atoms with Crippen molar-refractivity contribution >= 4 is 12.2 Å². The highest BCUT2D eigenvalue weighted by atomic mass is 16.6. The van der Waals surface area contributed by atoms with Gasteiger partial charge in [0.1, 0.15) is 0 Å². The normalized spacial score (nSPS) is 17.6. The molecule has 0 unspecified atom stereocenters. The standard InChI is InChI=1S/C24H46N4O4/c29-23(31-21-11-19-27-15-7-3-8-16-27)25-13-5-1-2-6-14-26-24(30)32-22-12-20-28-17-9-4-10-18-28/h1-22H2,(H,25,29)(H,26,30). The van der Waals surface area contributed by atoms with E-state index in [4.69, 9.17) is 9.47 Å². The highest BCUT2D eigenvalue weighted by Gasteiger charge is 2.10. The molecule has 2 fully saturated rings. The molecule has 186 valence electrons. The van der Waals surface area contributed by atoms with E-state index >= 15 is 0 Å². The molecule has 0 atom stereocenters. The second kappa shape index (κ2) is 18.0. The van der Waals surface area contributed by atoms with Gasteiger partial charge in [-0.25, -0.2) is 9.59 Å². The first-order chi connectivity index (χ1) is 15.7. The monoisotopic (exact) mass is 454 g/mol. The molecule has 2 aliphatic heterocycles. The van der Waals surface area contributed by atoms with Gasteiger partial charge in [-0.1, -0.05) is 25.7 Å². The summed E-state index contributed by atoms with van der Waals surface area (Å²) in [6.45, 7) is 9.02. The highest BCUT2D eigenvalue weighted by molar-refractivity contribution is 5.67. The summed E-state index contributed by atoms with van der Waals surface area (Å²) < 4.78 is 10.5. The number of unbranched alkanes of at least 4 members (excludes halogenated alkanes) is 3. The van der Waals surface area contributed by atoms with Crippen LogP contribution in [0.15, 0.2) is 0 Å². The molecule has 2 saturated heterocycles. The van der Waals surface area contributed by atoms with Gasteiger partial charge < -0.3 is 29.9 Å². The lowest BCUT2D eigenvalue weighted by Crippen LogP contribution is -2.32. The van der Waals surface area contributed by atoms with Crippen LogP contribution in [0.2, 0.25) is 0 Å². The van der Waals surface area contributed by atoms with Gasteiger partial charge in [0.15, 0.2) is 0 Å². The summed E-state index contributed by atoms with van der Waals surface area (Å²) in [6, 6.07) is 0. The lowest BCUT2D eigenvalue weighted by atomic mass is 10.1. The van der Waals surface area contributed by atoms with Crippen LogP contribution in [0, 0.1) is 0 Å². The summed E-state index contributed by atoms with van der Waals surface area (Å²) in [5, 5.41) is 5.63. The molecule has 2 aliphatic rings. The van der Waals surface area contributed by atoms with Crippen molar-refractivity contribution in [2.45, 2.75) is 77.0 Å². The third kappa shape index (κ3) is 13.8. The maximum absolute atomic E-state index is 11.7. The number of carbonyl (C=O) groups is 2. The first kappa shape index (κ1) is 26.7. The smallest absolute Gasteiger partial charge is 0.407 e. The Morgan fingerprint density at radius 3 is 1.38 bits per heavy atom. The van der Waals surface area contributed by atoms with Crippen LogP contribution >= 0.6 is 0 Å². The van der Waals surface area contributed by atoms with Gasteiger partial charge in [-0.15, -0.1) is 0 Å². The average molecular weight is 455 g/mol. The lowest BCUT2D eigenvalue weighted by Gasteiger charge is -2.26. The SMILES string of the molecule is O=C(NCCCCCCNC(=O)OCCCN1CCCCC1)OCCCN1CCCCC1. The zero-order valence-corrected chi connectivity index (χ0v) is 20.1. The largest absolute Gasteiger partial charge is 0.450 e. The fourth-order valence-electron chi connectivity index (χ4n) is 4.36. The molecule has 0 aromatic rings. The Hall–Kier alpha value is -1.54. The number of likely N-dealkylation sites (tertiary alicyclic amines) is 2. The molecule has 0 aromatic carbocycles. The molecule has 32 heavy (non-hydrogen) atoms. The van der Waals surface area contributed by atoms with Crippen LogP contribution in [0.4, 0.5) is 9.59 Å². The van der Waals surface area contributed by atoms with Crippen molar-refractivity contribution in [3.63, 3.8) is 0 Å². The van der Waals surface area contributed by atoms with Gasteiger partial charge in [-0.2, -0.15) is 0 Å². The number of nitrogens with zero attached hydrogens (tertiary/aromatic N) is 2. The minimum absolute atomic E-state index is 0.312. The molecule has 0 aromatic heterocycles. The maximum atomic E-state index is 11.7. The van der Waals surface area contributed by atoms with Crippen LogP contribution in [0.3, 0.4) is 0 Å². The van der Waals surface area contributed by atoms with Gasteiger partial charge in [0, 0.05) is 26.2 Å². The number of rotatable bonds is 15. The van der Waals surface area contributed by atoms with E-state index in [-0.39, 0.29) is 12.2 Å². The molecule has 0 bridgehead atoms. The molecule has 8 nitrogen and oxygen atoms in total. The maximum Gasteiger partial charge on any atom is 0.407 e. The summed E-state index contributed by atoms with van der Waals surface area (Å²) in [6.07, 6.45) is 12.9. The Bertz CT molecular complexity index is 450. The fraction of sp³-hybridized carbons (Fsp3) is 0.917. The van der Waals surface area contributed by atoms with E-state index < -0.39 is 0 Å². The molecule has 0 saturated carbocycles. The minimum Gasteiger partial charge on any atom is -0.450 e. The molecular weight excluding hydrogens is 408 g/mol. The van der Waals surface area contributed by atoms with E-state index in [1.807, 2.05) is 0 Å². The molecule has 2 amide bonds. The van der Waals surface area contributed by atoms with Crippen molar-refractivity contribution < 1.29 is 19.1 Å². The Kier molecular flexibility index (Phi) is 15.0. The Morgan fingerprint density at radius 1 is 0.562 bits per heavy atom. The number of ether oxygens (including phenoxy) is 2. The fourth-order valence-corrected chi connectivity index (χ4v) is 4.36. The number of hydrogen-bond acceptors (Lipinski definition) is 6. The summed E-state index contributed by atoms with van der Waals surface area (Å²) >= 11 is 0. The van der Waals surface area contributed by atoms with Crippen LogP contribution in [-0.4, -0.2) is 87.6 Å². The van der Waals surface area contributed by atoms with E-state index in [2.05, 4.69) is 20.4 Å². The van der Waals surface area contributed by atoms with Crippen molar-refractivity contribution in [1.29, 1.82) is 0 Å². The van der Waals surface area contributed by atoms with Crippen molar-refractivity contribution in [3.8, 4) is 0 Å². The third-order valence-electron chi connectivity index (χ3n) is 6.24. The average Bonchev–Trinajstić information content (AvgIpc) is 2.82. The Morgan fingerprint density at radius 2 is 0.969 bits per heavy atom. The first-order valence-corrected chi connectivity index (χ1v) is 13.0. The van der Waals surface area contributed by atoms with Crippen molar-refractivity contribution in [1.82, 2.24) is 20.4 Å². The molecular formula is C24H46N4O4. The molecule has 8 heteroatoms. The van der Waals surface area contributed by atoms with Crippen LogP contribution < -0.4 is 10.6 Å². The van der Waals surface area contributed by atoms with Gasteiger partial charge in [0.25, 0.3) is 0 Å². The van der Waals surface area contributed by atoms with Crippen molar-refractivity contribution in [2.75, 3.05) is 65.6 Å². The van der Waals surface area contributed by atoms with Crippen LogP contribution in [0.1, 0.15) is 77.0 Å². The molecule has 0 radical (unpaired) electrons. The van der Waals surface area contributed by atoms with Gasteiger partial charge in [0.05, 0.1) is 13.2 Å². The minimum atomic E-state index is -0.312. The van der Waals surface area contributed by atoms with Crippen molar-refractivity contribution in [2.24, 2.45) is 0 Å². The Labute approximate surface area is 194 Å². The van der Waals surface area contributed by atoms with E-state index in [1.54, 1.807) is 0 Å². The summed E-state index contributed by atoms with van der Waals surface area (Å²) in [5.74, 6) is 0. The zero-order valence-electron chi connectivity index (χ0n) is 20.1. The van der Waals surface area contributed by atoms with E-state index in [1.165, 1.54) is 64.7 Å². The number of carbonyl (C=O) groups excluding carboxylic acids is 2. The van der Waals surface area contributed by atoms with Gasteiger partial charge in [0.2, 0.25) is 0 Å². The second-order valence-corrected chi connectivity index (χ2v) is 9.05. The number of piperidine rings is 2. The number of hydrogen-bond donors (Lipinski definition) is 2. The molecule has 2 N–H and O–H groups in total. The number of alkyl carbamates (subject to hydrolysis) is 2. The summed E-state index contributed by atoms with van der Waals surface area (Å²) in [5.41, 5.74) is 0. The number of nitrogens with one attached hydrogen (secondary N) is 2. The van der Waals surface area contributed by atoms with Gasteiger partial charge in [-0.3, -0.25) is 0 Å². The van der Waals surface area contributed by atoms with Crippen LogP contribution in [0.25, 0.3) is 0 Å². The molecule has 2 rings (SSSR count). The van der Waals surface area contributed by atoms with E-state index in [9.17, 15) is 9.59 Å². The predicted molar refractivity (Wildman–Crippen MR) is 127 cm³/mol. The van der Waals surface area contributed by atoms with Gasteiger partial charge in [-0.05, 0) is 77.5 Å². The predicted octanol–water partition coefficient (Wildman–Crippen LogP) is 3.75. The van der Waals surface area contributed by atoms with E-state index in [0.29, 0.717) is 26.3 Å². The quantitative estimate of drug-likeness (QED) is 0.367. The summed E-state index contributed by atoms with van der Waals surface area (Å²) in [7, 11) is 0. The van der Waals surface area contributed by atoms with Crippen LogP contribution in [0.5, 0.6) is 0 Å². The molecule has 0 aliphatic carbocycles. The highest BCUT2D eigenvalue weighted by Crippen LogP contribution is 2.09. The summed E-state index contributed by atoms with van der Waals surface area (Å²) in [4.78, 5) is 28.3. The third-order valence-corrected chi connectivity index (χ3v) is 6.24. The number of amides is 2. The topological polar surface area (TPSA) is 83.1 Å². The second-order valence-electron chi connectivity index (χ2n) is 9.05. The lowest BCUT2D eigenvalue weighted by molar-refractivity contribution is 0.134. The van der Waals surface area contributed by atoms with Gasteiger partial charge >= 0.3 is 12.2 Å². The Balaban J connectivity index is 1.28. The van der Waals surface area contributed by atoms with Crippen molar-refractivity contribution in [3.05, 3.63) is 0 Å².